The Balaban J connectivity index is 0.00000116. The van der Waals surface area contributed by atoms with Crippen LogP contribution in [0.5, 0.6) is 0 Å². The third-order valence-electron chi connectivity index (χ3n) is 9.82. The van der Waals surface area contributed by atoms with Crippen molar-refractivity contribution >= 4 is 0 Å². The van der Waals surface area contributed by atoms with Crippen molar-refractivity contribution in [2.75, 3.05) is 0 Å². The molecule has 0 nitrogen and oxygen atoms in total. The lowest BCUT2D eigenvalue weighted by Gasteiger charge is -2.53. The second-order valence-electron chi connectivity index (χ2n) is 11.0. The van der Waals surface area contributed by atoms with Gasteiger partial charge in [-0.2, -0.15) is 0 Å². The molecule has 2 atom stereocenters. The lowest BCUT2D eigenvalue weighted by molar-refractivity contribution is 0.667. The SMILES string of the molecule is CC.CC.C\C=C/C=C1\C(=C/C)C2C(=C/C)/C(=C\C)C1c1c(C)c3c(c(C)c12)C1C(=C/C)/C(=C\C)C3C(=C/C)/C1=C\C. The molecule has 224 valence electrons. The fraction of sp³-hybridized carbons (Fsp3) is 0.429. The molecule has 1 aromatic rings. The summed E-state index contributed by atoms with van der Waals surface area (Å²) < 4.78 is 0. The van der Waals surface area contributed by atoms with E-state index in [0.717, 1.165) is 0 Å². The molecule has 1 aromatic carbocycles. The molecular weight excluding hydrogens is 504 g/mol. The van der Waals surface area contributed by atoms with Gasteiger partial charge in [0.25, 0.3) is 0 Å². The number of fused-ring (bicyclic) bond motifs is 4. The Bertz CT molecular complexity index is 1460. The van der Waals surface area contributed by atoms with E-state index in [0.29, 0.717) is 17.8 Å². The van der Waals surface area contributed by atoms with Crippen LogP contribution in [-0.4, -0.2) is 0 Å². The zero-order valence-corrected chi connectivity index (χ0v) is 29.1. The van der Waals surface area contributed by atoms with Crippen LogP contribution in [0.25, 0.3) is 0 Å². The molecule has 6 aliphatic rings. The van der Waals surface area contributed by atoms with Crippen molar-refractivity contribution in [3.8, 4) is 0 Å². The van der Waals surface area contributed by atoms with Crippen LogP contribution in [0.1, 0.15) is 140 Å². The van der Waals surface area contributed by atoms with E-state index in [1.54, 1.807) is 22.3 Å². The molecule has 0 heterocycles. The highest BCUT2D eigenvalue weighted by atomic mass is 14.5. The number of hydrogen-bond donors (Lipinski definition) is 0. The van der Waals surface area contributed by atoms with Gasteiger partial charge in [0.1, 0.15) is 0 Å². The summed E-state index contributed by atoms with van der Waals surface area (Å²) >= 11 is 0. The van der Waals surface area contributed by atoms with Crippen molar-refractivity contribution in [2.24, 2.45) is 0 Å². The van der Waals surface area contributed by atoms with Gasteiger partial charge in [0.05, 0.1) is 0 Å². The van der Waals surface area contributed by atoms with Gasteiger partial charge >= 0.3 is 0 Å². The summed E-state index contributed by atoms with van der Waals surface area (Å²) in [5, 5.41) is 0. The van der Waals surface area contributed by atoms with Crippen molar-refractivity contribution in [2.45, 2.75) is 121 Å². The van der Waals surface area contributed by atoms with Gasteiger partial charge in [0.15, 0.2) is 0 Å². The maximum atomic E-state index is 2.44. The van der Waals surface area contributed by atoms with Crippen LogP contribution in [0.4, 0.5) is 0 Å². The molecule has 6 aliphatic carbocycles. The van der Waals surface area contributed by atoms with E-state index in [1.807, 2.05) is 27.7 Å². The minimum atomic E-state index is 0.281. The molecule has 2 saturated carbocycles. The van der Waals surface area contributed by atoms with E-state index >= 15 is 0 Å². The van der Waals surface area contributed by atoms with E-state index in [9.17, 15) is 0 Å². The highest BCUT2D eigenvalue weighted by Gasteiger charge is 2.52. The Kier molecular flexibility index (Phi) is 11.0. The molecule has 7 rings (SSSR count). The van der Waals surface area contributed by atoms with Gasteiger partial charge in [0, 0.05) is 23.7 Å². The average Bonchev–Trinajstić information content (AvgIpc) is 3.05. The van der Waals surface area contributed by atoms with Crippen molar-refractivity contribution in [3.63, 3.8) is 0 Å². The Labute approximate surface area is 258 Å². The molecule has 0 aliphatic heterocycles. The topological polar surface area (TPSA) is 0 Å². The Hall–Kier alpha value is -3.12. The largest absolute Gasteiger partial charge is 0.0877 e. The standard InChI is InChI=1S/C38H44.2C2H6/c1-11-19-20-30-29(18-8)37-27(16-6)28(17-7)38(30)34-22(10)32-31(21(9)33(34)37)35-23(12-2)25(14-4)36(32)26(15-5)24(35)13-3;2*1-2/h11-20,35-38H,1-10H3;2*1-2H3/b19-11-,23-12+,24-13+,25-14+,26-15+,27-16+,28-17+,29-18+,30-20+;;. The summed E-state index contributed by atoms with van der Waals surface area (Å²) in [5.41, 5.74) is 21.4. The lowest BCUT2D eigenvalue weighted by Crippen LogP contribution is -2.37. The molecule has 0 N–H and O–H groups in total. The van der Waals surface area contributed by atoms with Gasteiger partial charge < -0.3 is 0 Å². The number of rotatable bonds is 1. The first-order valence-electron chi connectivity index (χ1n) is 16.6. The normalized spacial score (nSPS) is 31.4. The average molecular weight is 561 g/mol. The third-order valence-corrected chi connectivity index (χ3v) is 9.82. The molecule has 0 radical (unpaired) electrons. The van der Waals surface area contributed by atoms with Gasteiger partial charge in [-0.3, -0.25) is 0 Å². The van der Waals surface area contributed by atoms with Crippen LogP contribution in [0.2, 0.25) is 0 Å². The predicted octanol–water partition coefficient (Wildman–Crippen LogP) is 12.9. The van der Waals surface area contributed by atoms with E-state index in [1.165, 1.54) is 55.7 Å². The molecule has 0 heteroatoms. The maximum absolute atomic E-state index is 2.44. The number of benzene rings is 1. The van der Waals surface area contributed by atoms with Crippen LogP contribution < -0.4 is 0 Å². The summed E-state index contributed by atoms with van der Waals surface area (Å²) in [4.78, 5) is 0. The van der Waals surface area contributed by atoms with E-state index in [2.05, 4.69) is 130 Å². The summed E-state index contributed by atoms with van der Waals surface area (Å²) in [6.07, 6.45) is 23.5. The summed E-state index contributed by atoms with van der Waals surface area (Å²) in [5.74, 6) is 1.20. The molecule has 0 spiro atoms. The second kappa shape index (κ2) is 13.9. The molecule has 0 aromatic heterocycles. The van der Waals surface area contributed by atoms with Crippen molar-refractivity contribution in [1.29, 1.82) is 0 Å². The fourth-order valence-corrected chi connectivity index (χ4v) is 8.56. The Morgan fingerprint density at radius 2 is 0.571 bits per heavy atom. The highest BCUT2D eigenvalue weighted by molar-refractivity contribution is 5.82. The van der Waals surface area contributed by atoms with Crippen LogP contribution in [0.15, 0.2) is 105 Å². The Morgan fingerprint density at radius 3 is 0.786 bits per heavy atom. The fourth-order valence-electron chi connectivity index (χ4n) is 8.56. The monoisotopic (exact) mass is 560 g/mol. The van der Waals surface area contributed by atoms with Crippen molar-refractivity contribution < 1.29 is 0 Å². The summed E-state index contributed by atoms with van der Waals surface area (Å²) in [6.45, 7) is 30.6. The quantitative estimate of drug-likeness (QED) is 0.320. The molecular formula is C42H56. The van der Waals surface area contributed by atoms with Crippen LogP contribution in [0, 0.1) is 13.8 Å². The maximum Gasteiger partial charge on any atom is 0.0348 e. The van der Waals surface area contributed by atoms with Gasteiger partial charge in [-0.15, -0.1) is 0 Å². The zero-order chi connectivity index (χ0) is 31.5. The first-order valence-corrected chi connectivity index (χ1v) is 16.6. The predicted molar refractivity (Wildman–Crippen MR) is 189 cm³/mol. The minimum Gasteiger partial charge on any atom is -0.0877 e. The van der Waals surface area contributed by atoms with E-state index in [-0.39, 0.29) is 5.92 Å². The first kappa shape index (κ1) is 33.4. The second-order valence-corrected chi connectivity index (χ2v) is 11.0. The first-order chi connectivity index (χ1) is 20.4. The molecule has 2 unspecified atom stereocenters. The van der Waals surface area contributed by atoms with Crippen LogP contribution >= 0.6 is 0 Å². The Morgan fingerprint density at radius 1 is 0.357 bits per heavy atom. The zero-order valence-electron chi connectivity index (χ0n) is 29.1. The summed E-state index contributed by atoms with van der Waals surface area (Å²) in [7, 11) is 0. The lowest BCUT2D eigenvalue weighted by atomic mass is 9.50. The number of hydrogen-bond acceptors (Lipinski definition) is 0. The van der Waals surface area contributed by atoms with E-state index in [4.69, 9.17) is 0 Å². The minimum absolute atomic E-state index is 0.281. The molecule has 0 amide bonds. The molecule has 0 saturated heterocycles. The van der Waals surface area contributed by atoms with Gasteiger partial charge in [0.2, 0.25) is 0 Å². The molecule has 2 fully saturated rings. The van der Waals surface area contributed by atoms with Gasteiger partial charge in [-0.05, 0) is 147 Å². The van der Waals surface area contributed by atoms with E-state index < -0.39 is 0 Å². The van der Waals surface area contributed by atoms with Gasteiger partial charge in [-0.25, -0.2) is 0 Å². The van der Waals surface area contributed by atoms with Crippen LogP contribution in [-0.2, 0) is 0 Å². The van der Waals surface area contributed by atoms with Crippen molar-refractivity contribution in [3.05, 3.63) is 139 Å². The smallest absolute Gasteiger partial charge is 0.0348 e. The van der Waals surface area contributed by atoms with Crippen LogP contribution in [0.3, 0.4) is 0 Å². The highest BCUT2D eigenvalue weighted by Crippen LogP contribution is 2.67. The van der Waals surface area contributed by atoms with Gasteiger partial charge in [-0.1, -0.05) is 88.5 Å². The molecule has 42 heavy (non-hydrogen) atoms. The molecule has 4 bridgehead atoms. The van der Waals surface area contributed by atoms with Crippen molar-refractivity contribution in [1.82, 2.24) is 0 Å². The number of allylic oxidation sites excluding steroid dienone is 18. The third kappa shape index (κ3) is 4.49. The summed E-state index contributed by atoms with van der Waals surface area (Å²) in [6, 6.07) is 0.